The van der Waals surface area contributed by atoms with Crippen LogP contribution in [-0.2, 0) is 16.2 Å². The molecule has 3 aromatic carbocycles. The summed E-state index contributed by atoms with van der Waals surface area (Å²) < 4.78 is 11.9. The zero-order valence-electron chi connectivity index (χ0n) is 17.6. The average Bonchev–Trinajstić information content (AvgIpc) is 2.78. The molecule has 0 aliphatic heterocycles. The maximum absolute atomic E-state index is 12.0. The van der Waals surface area contributed by atoms with Crippen LogP contribution in [0.25, 0.3) is 0 Å². The van der Waals surface area contributed by atoms with Crippen molar-refractivity contribution in [2.24, 2.45) is 5.10 Å². The molecule has 0 aliphatic rings. The van der Waals surface area contributed by atoms with Gasteiger partial charge in [-0.1, -0.05) is 46.9 Å². The Morgan fingerprint density at radius 1 is 0.971 bits per heavy atom. The second kappa shape index (κ2) is 12.1. The van der Waals surface area contributed by atoms with E-state index < -0.39 is 11.8 Å². The standard InChI is InChI=1S/C23H17BrCl3N3O4/c1-33-20-7-14(6-19(24)21(20)34-12-13-2-4-15(25)5-3-13)11-28-30-23(32)22(31)29-18-9-16(26)8-17(27)10-18/h2-11H,12H2,1H3,(H,29,31)(H,30,32). The number of hydrogen-bond acceptors (Lipinski definition) is 5. The van der Waals surface area contributed by atoms with Crippen molar-refractivity contribution in [2.75, 3.05) is 12.4 Å². The molecule has 7 nitrogen and oxygen atoms in total. The van der Waals surface area contributed by atoms with E-state index in [9.17, 15) is 9.59 Å². The van der Waals surface area contributed by atoms with Gasteiger partial charge in [-0.25, -0.2) is 5.43 Å². The van der Waals surface area contributed by atoms with E-state index in [2.05, 4.69) is 31.8 Å². The summed E-state index contributed by atoms with van der Waals surface area (Å²) in [4.78, 5) is 24.1. The lowest BCUT2D eigenvalue weighted by molar-refractivity contribution is -0.136. The molecule has 34 heavy (non-hydrogen) atoms. The first-order valence-electron chi connectivity index (χ1n) is 9.60. The minimum absolute atomic E-state index is 0.282. The molecule has 0 aliphatic carbocycles. The molecule has 0 saturated carbocycles. The highest BCUT2D eigenvalue weighted by molar-refractivity contribution is 9.10. The molecular formula is C23H17BrCl3N3O4. The van der Waals surface area contributed by atoms with Gasteiger partial charge in [-0.15, -0.1) is 0 Å². The molecule has 0 radical (unpaired) electrons. The van der Waals surface area contributed by atoms with E-state index in [1.54, 1.807) is 24.3 Å². The number of hydrazone groups is 1. The van der Waals surface area contributed by atoms with Crippen molar-refractivity contribution < 1.29 is 19.1 Å². The first-order chi connectivity index (χ1) is 16.2. The number of nitrogens with one attached hydrogen (secondary N) is 2. The Labute approximate surface area is 219 Å². The molecule has 176 valence electrons. The predicted molar refractivity (Wildman–Crippen MR) is 137 cm³/mol. The van der Waals surface area contributed by atoms with E-state index in [1.165, 1.54) is 31.5 Å². The van der Waals surface area contributed by atoms with Gasteiger partial charge in [-0.3, -0.25) is 9.59 Å². The number of carbonyl (C=O) groups is 2. The molecular weight excluding hydrogens is 569 g/mol. The number of carbonyl (C=O) groups excluding carboxylic acids is 2. The van der Waals surface area contributed by atoms with Crippen LogP contribution in [0.3, 0.4) is 0 Å². The summed E-state index contributed by atoms with van der Waals surface area (Å²) in [5.74, 6) is -0.952. The number of methoxy groups -OCH3 is 1. The molecule has 0 atom stereocenters. The summed E-state index contributed by atoms with van der Waals surface area (Å²) in [6.45, 7) is 0.308. The van der Waals surface area contributed by atoms with Crippen molar-refractivity contribution >= 4 is 74.4 Å². The van der Waals surface area contributed by atoms with Gasteiger partial charge in [-0.2, -0.15) is 5.10 Å². The number of anilines is 1. The molecule has 0 spiro atoms. The molecule has 0 saturated heterocycles. The lowest BCUT2D eigenvalue weighted by Gasteiger charge is -2.13. The number of nitrogens with zero attached hydrogens (tertiary/aromatic N) is 1. The number of hydrogen-bond donors (Lipinski definition) is 2. The molecule has 11 heteroatoms. The smallest absolute Gasteiger partial charge is 0.329 e. The van der Waals surface area contributed by atoms with Crippen LogP contribution in [0.4, 0.5) is 5.69 Å². The maximum atomic E-state index is 12.0. The Morgan fingerprint density at radius 2 is 1.65 bits per heavy atom. The van der Waals surface area contributed by atoms with E-state index in [-0.39, 0.29) is 5.69 Å². The fraction of sp³-hybridized carbons (Fsp3) is 0.0870. The molecule has 3 rings (SSSR count). The summed E-state index contributed by atoms with van der Waals surface area (Å²) in [5, 5.41) is 7.50. The predicted octanol–water partition coefficient (Wildman–Crippen LogP) is 6.09. The highest BCUT2D eigenvalue weighted by Crippen LogP contribution is 2.37. The summed E-state index contributed by atoms with van der Waals surface area (Å²) in [6, 6.07) is 15.1. The second-order valence-corrected chi connectivity index (χ2v) is 8.92. The fourth-order valence-corrected chi connectivity index (χ4v) is 3.95. The van der Waals surface area contributed by atoms with Crippen molar-refractivity contribution in [3.63, 3.8) is 0 Å². The average molecular weight is 586 g/mol. The Balaban J connectivity index is 1.62. The molecule has 0 bridgehead atoms. The van der Waals surface area contributed by atoms with Crippen LogP contribution < -0.4 is 20.2 Å². The van der Waals surface area contributed by atoms with Gasteiger partial charge in [0.1, 0.15) is 6.61 Å². The van der Waals surface area contributed by atoms with Gasteiger partial charge < -0.3 is 14.8 Å². The van der Waals surface area contributed by atoms with E-state index in [1.807, 2.05) is 12.1 Å². The third-order valence-electron chi connectivity index (χ3n) is 4.25. The Morgan fingerprint density at radius 3 is 2.29 bits per heavy atom. The summed E-state index contributed by atoms with van der Waals surface area (Å²) in [7, 11) is 1.51. The number of benzene rings is 3. The quantitative estimate of drug-likeness (QED) is 0.200. The van der Waals surface area contributed by atoms with Crippen LogP contribution >= 0.6 is 50.7 Å². The highest BCUT2D eigenvalue weighted by atomic mass is 79.9. The van der Waals surface area contributed by atoms with Crippen molar-refractivity contribution in [1.29, 1.82) is 0 Å². The van der Waals surface area contributed by atoms with Crippen LogP contribution in [-0.4, -0.2) is 25.1 Å². The molecule has 2 N–H and O–H groups in total. The molecule has 0 unspecified atom stereocenters. The third kappa shape index (κ3) is 7.36. The zero-order chi connectivity index (χ0) is 24.7. The van der Waals surface area contributed by atoms with Crippen LogP contribution in [0.2, 0.25) is 15.1 Å². The van der Waals surface area contributed by atoms with E-state index >= 15 is 0 Å². The zero-order valence-corrected chi connectivity index (χ0v) is 21.4. The van der Waals surface area contributed by atoms with Gasteiger partial charge in [-0.05, 0) is 69.5 Å². The minimum atomic E-state index is -0.971. The van der Waals surface area contributed by atoms with Crippen LogP contribution in [0.5, 0.6) is 11.5 Å². The monoisotopic (exact) mass is 583 g/mol. The molecule has 0 fully saturated rings. The van der Waals surface area contributed by atoms with Gasteiger partial charge in [0, 0.05) is 20.8 Å². The SMILES string of the molecule is COc1cc(C=NNC(=O)C(=O)Nc2cc(Cl)cc(Cl)c2)cc(Br)c1OCc1ccc(Cl)cc1. The van der Waals surface area contributed by atoms with Crippen LogP contribution in [0.15, 0.2) is 64.2 Å². The molecule has 2 amide bonds. The van der Waals surface area contributed by atoms with Gasteiger partial charge in [0.05, 0.1) is 17.8 Å². The Hall–Kier alpha value is -2.78. The highest BCUT2D eigenvalue weighted by Gasteiger charge is 2.14. The topological polar surface area (TPSA) is 89.0 Å². The number of ether oxygens (including phenoxy) is 2. The second-order valence-electron chi connectivity index (χ2n) is 6.76. The Bertz CT molecular complexity index is 1220. The number of halogens is 4. The van der Waals surface area contributed by atoms with Gasteiger partial charge in [0.25, 0.3) is 0 Å². The van der Waals surface area contributed by atoms with E-state index in [0.717, 1.165) is 5.56 Å². The molecule has 3 aromatic rings. The summed E-state index contributed by atoms with van der Waals surface area (Å²) in [6.07, 6.45) is 1.36. The van der Waals surface area contributed by atoms with E-state index in [4.69, 9.17) is 44.3 Å². The van der Waals surface area contributed by atoms with E-state index in [0.29, 0.717) is 43.2 Å². The molecule has 0 heterocycles. The van der Waals surface area contributed by atoms with Gasteiger partial charge in [0.15, 0.2) is 11.5 Å². The normalized spacial score (nSPS) is 10.7. The van der Waals surface area contributed by atoms with Crippen molar-refractivity contribution in [3.8, 4) is 11.5 Å². The lowest BCUT2D eigenvalue weighted by Crippen LogP contribution is -2.32. The van der Waals surface area contributed by atoms with Gasteiger partial charge in [0.2, 0.25) is 0 Å². The Kier molecular flexibility index (Phi) is 9.18. The maximum Gasteiger partial charge on any atom is 0.329 e. The van der Waals surface area contributed by atoms with Crippen molar-refractivity contribution in [1.82, 2.24) is 5.43 Å². The number of rotatable bonds is 7. The van der Waals surface area contributed by atoms with Gasteiger partial charge >= 0.3 is 11.8 Å². The van der Waals surface area contributed by atoms with Crippen LogP contribution in [0, 0.1) is 0 Å². The van der Waals surface area contributed by atoms with Crippen molar-refractivity contribution in [3.05, 3.63) is 85.3 Å². The first-order valence-corrected chi connectivity index (χ1v) is 11.5. The fourth-order valence-electron chi connectivity index (χ4n) is 2.72. The molecule has 0 aromatic heterocycles. The first kappa shape index (κ1) is 25.8. The lowest BCUT2D eigenvalue weighted by atomic mass is 10.2. The third-order valence-corrected chi connectivity index (χ3v) is 5.53. The largest absolute Gasteiger partial charge is 0.493 e. The summed E-state index contributed by atoms with van der Waals surface area (Å²) >= 11 is 21.1. The van der Waals surface area contributed by atoms with Crippen LogP contribution in [0.1, 0.15) is 11.1 Å². The summed E-state index contributed by atoms with van der Waals surface area (Å²) in [5.41, 5.74) is 3.96. The minimum Gasteiger partial charge on any atom is -0.493 e. The van der Waals surface area contributed by atoms with Crippen molar-refractivity contribution in [2.45, 2.75) is 6.61 Å². The number of amides is 2.